The summed E-state index contributed by atoms with van der Waals surface area (Å²) >= 11 is 0. The van der Waals surface area contributed by atoms with Crippen LogP contribution >= 0.6 is 0 Å². The molecule has 2 N–H and O–H groups in total. The minimum atomic E-state index is 0.268. The van der Waals surface area contributed by atoms with E-state index < -0.39 is 0 Å². The monoisotopic (exact) mass is 126 g/mol. The number of aryl methyl sites for hydroxylation is 2. The zero-order valence-electron chi connectivity index (χ0n) is 5.64. The van der Waals surface area contributed by atoms with E-state index in [1.54, 1.807) is 0 Å². The third-order valence-corrected chi connectivity index (χ3v) is 1.24. The first kappa shape index (κ1) is 6.13. The third kappa shape index (κ3) is 1.04. The Kier molecular flexibility index (Phi) is 1.42. The summed E-state index contributed by atoms with van der Waals surface area (Å²) in [6.07, 6.45) is 0.881. The molecule has 0 unspecified atom stereocenters. The molecular weight excluding hydrogens is 116 g/mol. The molecule has 1 rings (SSSR count). The highest BCUT2D eigenvalue weighted by Crippen LogP contribution is 2.10. The number of hydrogen-bond donors (Lipinski definition) is 1. The van der Waals surface area contributed by atoms with E-state index in [2.05, 4.69) is 4.98 Å². The van der Waals surface area contributed by atoms with Crippen molar-refractivity contribution in [2.45, 2.75) is 20.3 Å². The van der Waals surface area contributed by atoms with Crippen LogP contribution in [0.3, 0.4) is 0 Å². The van der Waals surface area contributed by atoms with Crippen LogP contribution in [0.5, 0.6) is 0 Å². The number of anilines is 1. The fourth-order valence-electron chi connectivity index (χ4n) is 0.778. The van der Waals surface area contributed by atoms with Gasteiger partial charge in [-0.05, 0) is 13.3 Å². The van der Waals surface area contributed by atoms with Gasteiger partial charge in [-0.3, -0.25) is 0 Å². The van der Waals surface area contributed by atoms with Crippen LogP contribution in [0.15, 0.2) is 4.42 Å². The van der Waals surface area contributed by atoms with Gasteiger partial charge >= 0.3 is 0 Å². The van der Waals surface area contributed by atoms with Crippen LogP contribution in [0.25, 0.3) is 0 Å². The predicted molar refractivity (Wildman–Crippen MR) is 35.0 cm³/mol. The van der Waals surface area contributed by atoms with E-state index in [-0.39, 0.29) is 6.01 Å². The minimum Gasteiger partial charge on any atom is -0.429 e. The van der Waals surface area contributed by atoms with Crippen molar-refractivity contribution >= 4 is 6.01 Å². The average Bonchev–Trinajstić information content (AvgIpc) is 2.10. The van der Waals surface area contributed by atoms with Crippen molar-refractivity contribution in [1.29, 1.82) is 0 Å². The van der Waals surface area contributed by atoms with Gasteiger partial charge < -0.3 is 10.2 Å². The first-order chi connectivity index (χ1) is 4.24. The Morgan fingerprint density at radius 2 is 2.33 bits per heavy atom. The van der Waals surface area contributed by atoms with Gasteiger partial charge in [-0.1, -0.05) is 6.92 Å². The summed E-state index contributed by atoms with van der Waals surface area (Å²) in [7, 11) is 0. The molecule has 1 aromatic heterocycles. The number of rotatable bonds is 1. The summed E-state index contributed by atoms with van der Waals surface area (Å²) in [6.45, 7) is 3.88. The molecule has 1 heterocycles. The second kappa shape index (κ2) is 2.09. The van der Waals surface area contributed by atoms with E-state index in [1.165, 1.54) is 0 Å². The number of hydrogen-bond acceptors (Lipinski definition) is 3. The molecule has 0 amide bonds. The van der Waals surface area contributed by atoms with Crippen molar-refractivity contribution in [3.05, 3.63) is 11.5 Å². The molecule has 0 fully saturated rings. The summed E-state index contributed by atoms with van der Waals surface area (Å²) in [6, 6.07) is 0.268. The molecule has 0 radical (unpaired) electrons. The van der Waals surface area contributed by atoms with Crippen LogP contribution in [-0.4, -0.2) is 4.98 Å². The van der Waals surface area contributed by atoms with Gasteiger partial charge in [0, 0.05) is 0 Å². The van der Waals surface area contributed by atoms with Gasteiger partial charge in [0.1, 0.15) is 5.76 Å². The Balaban J connectivity index is 3.01. The normalized spacial score (nSPS) is 10.0. The molecule has 3 heteroatoms. The molecule has 0 aliphatic rings. The lowest BCUT2D eigenvalue weighted by molar-refractivity contribution is 0.545. The molecule has 0 aliphatic carbocycles. The predicted octanol–water partition coefficient (Wildman–Crippen LogP) is 1.13. The van der Waals surface area contributed by atoms with Gasteiger partial charge in [0.05, 0.1) is 5.69 Å². The van der Waals surface area contributed by atoms with Crippen molar-refractivity contribution in [3.8, 4) is 0 Å². The Labute approximate surface area is 53.9 Å². The SMILES string of the molecule is CCc1nc(N)oc1C. The van der Waals surface area contributed by atoms with Gasteiger partial charge in [-0.2, -0.15) is 4.98 Å². The van der Waals surface area contributed by atoms with Crippen molar-refractivity contribution in [2.24, 2.45) is 0 Å². The highest BCUT2D eigenvalue weighted by Gasteiger charge is 2.02. The maximum Gasteiger partial charge on any atom is 0.292 e. The van der Waals surface area contributed by atoms with E-state index in [1.807, 2.05) is 13.8 Å². The molecule has 0 saturated carbocycles. The Hall–Kier alpha value is -0.990. The van der Waals surface area contributed by atoms with Crippen LogP contribution < -0.4 is 5.73 Å². The fourth-order valence-corrected chi connectivity index (χ4v) is 0.778. The van der Waals surface area contributed by atoms with E-state index in [0.29, 0.717) is 0 Å². The number of nitrogens with zero attached hydrogens (tertiary/aromatic N) is 1. The minimum absolute atomic E-state index is 0.268. The molecule has 3 nitrogen and oxygen atoms in total. The zero-order chi connectivity index (χ0) is 6.85. The third-order valence-electron chi connectivity index (χ3n) is 1.24. The van der Waals surface area contributed by atoms with E-state index in [0.717, 1.165) is 17.9 Å². The average molecular weight is 126 g/mol. The first-order valence-corrected chi connectivity index (χ1v) is 2.95. The Morgan fingerprint density at radius 3 is 2.56 bits per heavy atom. The summed E-state index contributed by atoms with van der Waals surface area (Å²) in [4.78, 5) is 3.94. The highest BCUT2D eigenvalue weighted by molar-refractivity contribution is 5.18. The molecule has 0 spiro atoms. The van der Waals surface area contributed by atoms with Crippen molar-refractivity contribution < 1.29 is 4.42 Å². The fraction of sp³-hybridized carbons (Fsp3) is 0.500. The maximum atomic E-state index is 5.28. The summed E-state index contributed by atoms with van der Waals surface area (Å²) in [5.74, 6) is 0.829. The van der Waals surface area contributed by atoms with E-state index >= 15 is 0 Å². The lowest BCUT2D eigenvalue weighted by Crippen LogP contribution is -1.84. The van der Waals surface area contributed by atoms with Crippen LogP contribution in [0.4, 0.5) is 6.01 Å². The molecule has 0 saturated heterocycles. The lowest BCUT2D eigenvalue weighted by atomic mass is 10.3. The van der Waals surface area contributed by atoms with Gasteiger partial charge in [0.2, 0.25) is 0 Å². The second-order valence-corrected chi connectivity index (χ2v) is 1.91. The van der Waals surface area contributed by atoms with Crippen molar-refractivity contribution in [1.82, 2.24) is 4.98 Å². The Morgan fingerprint density at radius 1 is 1.67 bits per heavy atom. The smallest absolute Gasteiger partial charge is 0.292 e. The molecule has 9 heavy (non-hydrogen) atoms. The van der Waals surface area contributed by atoms with Crippen LogP contribution in [0, 0.1) is 6.92 Å². The molecule has 0 aromatic carbocycles. The van der Waals surface area contributed by atoms with E-state index in [4.69, 9.17) is 10.2 Å². The van der Waals surface area contributed by atoms with Gasteiger partial charge in [0.15, 0.2) is 0 Å². The number of oxazole rings is 1. The number of nitrogens with two attached hydrogens (primary N) is 1. The lowest BCUT2D eigenvalue weighted by Gasteiger charge is -1.83. The summed E-state index contributed by atoms with van der Waals surface area (Å²) in [5, 5.41) is 0. The van der Waals surface area contributed by atoms with Crippen LogP contribution in [0.1, 0.15) is 18.4 Å². The maximum absolute atomic E-state index is 5.28. The molecule has 0 aliphatic heterocycles. The quantitative estimate of drug-likeness (QED) is 0.613. The molecule has 1 aromatic rings. The van der Waals surface area contributed by atoms with Crippen molar-refractivity contribution in [3.63, 3.8) is 0 Å². The molecular formula is C6H10N2O. The van der Waals surface area contributed by atoms with Gasteiger partial charge in [-0.15, -0.1) is 0 Å². The molecule has 0 atom stereocenters. The van der Waals surface area contributed by atoms with Gasteiger partial charge in [0.25, 0.3) is 6.01 Å². The molecule has 50 valence electrons. The first-order valence-electron chi connectivity index (χ1n) is 2.95. The number of nitrogen functional groups attached to an aromatic ring is 1. The number of aromatic nitrogens is 1. The largest absolute Gasteiger partial charge is 0.429 e. The highest BCUT2D eigenvalue weighted by atomic mass is 16.4. The van der Waals surface area contributed by atoms with Crippen LogP contribution in [0.2, 0.25) is 0 Å². The molecule has 0 bridgehead atoms. The van der Waals surface area contributed by atoms with Crippen LogP contribution in [-0.2, 0) is 6.42 Å². The van der Waals surface area contributed by atoms with Crippen molar-refractivity contribution in [2.75, 3.05) is 5.73 Å². The van der Waals surface area contributed by atoms with E-state index in [9.17, 15) is 0 Å². The van der Waals surface area contributed by atoms with Gasteiger partial charge in [-0.25, -0.2) is 0 Å². The summed E-state index contributed by atoms with van der Waals surface area (Å²) in [5.41, 5.74) is 6.23. The standard InChI is InChI=1S/C6H10N2O/c1-3-5-4(2)9-6(7)8-5/h3H2,1-2H3,(H2,7,8). The zero-order valence-corrected chi connectivity index (χ0v) is 5.64. The second-order valence-electron chi connectivity index (χ2n) is 1.91. The Bertz CT molecular complexity index is 205. The summed E-state index contributed by atoms with van der Waals surface area (Å²) < 4.78 is 4.97. The topological polar surface area (TPSA) is 52.0 Å².